The SMILES string of the molecule is COC(=O)N[C@H](C(=O)Nc1ccccc1CC[C@@H]1CN[C@H](COC(=O)NCC(F)(F)F)[C@@H](COCc2ccc(Cl)cc2)O1)C(c1ccccc1)c1ccccc1. The van der Waals surface area contributed by atoms with Crippen LogP contribution in [0, 0.1) is 0 Å². The molecule has 15 heteroatoms. The van der Waals surface area contributed by atoms with Crippen LogP contribution in [0.25, 0.3) is 0 Å². The summed E-state index contributed by atoms with van der Waals surface area (Å²) in [6, 6.07) is 31.7. The van der Waals surface area contributed by atoms with Gasteiger partial charge in [0.2, 0.25) is 5.91 Å². The van der Waals surface area contributed by atoms with E-state index in [9.17, 15) is 27.6 Å². The zero-order valence-corrected chi connectivity index (χ0v) is 31.4. The Morgan fingerprint density at radius 2 is 1.52 bits per heavy atom. The van der Waals surface area contributed by atoms with Gasteiger partial charge in [0.25, 0.3) is 0 Å². The molecule has 1 fully saturated rings. The Morgan fingerprint density at radius 1 is 0.875 bits per heavy atom. The Labute approximate surface area is 328 Å². The molecule has 4 atom stereocenters. The van der Waals surface area contributed by atoms with Crippen molar-refractivity contribution >= 4 is 35.4 Å². The lowest BCUT2D eigenvalue weighted by Gasteiger charge is -2.37. The summed E-state index contributed by atoms with van der Waals surface area (Å²) < 4.78 is 60.1. The molecule has 298 valence electrons. The van der Waals surface area contributed by atoms with Gasteiger partial charge in [-0.3, -0.25) is 4.79 Å². The van der Waals surface area contributed by atoms with E-state index in [0.717, 1.165) is 22.3 Å². The van der Waals surface area contributed by atoms with Crippen LogP contribution in [0.3, 0.4) is 0 Å². The quantitative estimate of drug-likeness (QED) is 0.0953. The van der Waals surface area contributed by atoms with Crippen molar-refractivity contribution < 1.29 is 46.5 Å². The number of carbonyl (C=O) groups is 3. The summed E-state index contributed by atoms with van der Waals surface area (Å²) in [5.74, 6) is -0.993. The highest BCUT2D eigenvalue weighted by Crippen LogP contribution is 2.30. The Kier molecular flexibility index (Phi) is 15.5. The predicted molar refractivity (Wildman–Crippen MR) is 204 cm³/mol. The molecule has 0 unspecified atom stereocenters. The average molecular weight is 797 g/mol. The highest BCUT2D eigenvalue weighted by molar-refractivity contribution is 6.30. The highest BCUT2D eigenvalue weighted by atomic mass is 35.5. The van der Waals surface area contributed by atoms with Crippen molar-refractivity contribution in [3.63, 3.8) is 0 Å². The van der Waals surface area contributed by atoms with Crippen molar-refractivity contribution in [2.75, 3.05) is 38.7 Å². The first-order valence-corrected chi connectivity index (χ1v) is 18.4. The van der Waals surface area contributed by atoms with Gasteiger partial charge in [0.1, 0.15) is 19.2 Å². The van der Waals surface area contributed by atoms with Crippen molar-refractivity contribution in [1.82, 2.24) is 16.0 Å². The molecule has 1 aliphatic heterocycles. The van der Waals surface area contributed by atoms with Crippen LogP contribution in [0.5, 0.6) is 0 Å². The third kappa shape index (κ3) is 13.0. The van der Waals surface area contributed by atoms with Gasteiger partial charge in [0.05, 0.1) is 38.6 Å². The smallest absolute Gasteiger partial charge is 0.407 e. The van der Waals surface area contributed by atoms with E-state index in [4.69, 9.17) is 30.5 Å². The number of alkyl halides is 3. The molecule has 0 aromatic heterocycles. The maximum atomic E-state index is 14.2. The van der Waals surface area contributed by atoms with Crippen LogP contribution in [0.4, 0.5) is 28.4 Å². The average Bonchev–Trinajstić information content (AvgIpc) is 3.20. The number of hydrogen-bond donors (Lipinski definition) is 4. The Balaban J connectivity index is 1.26. The van der Waals surface area contributed by atoms with Crippen molar-refractivity contribution in [3.8, 4) is 0 Å². The third-order valence-corrected chi connectivity index (χ3v) is 9.37. The van der Waals surface area contributed by atoms with E-state index in [-0.39, 0.29) is 25.9 Å². The lowest BCUT2D eigenvalue weighted by atomic mass is 9.84. The van der Waals surface area contributed by atoms with Gasteiger partial charge in [-0.25, -0.2) is 9.59 Å². The van der Waals surface area contributed by atoms with Crippen LogP contribution in [0.2, 0.25) is 5.02 Å². The number of hydrogen-bond acceptors (Lipinski definition) is 8. The van der Waals surface area contributed by atoms with E-state index < -0.39 is 54.9 Å². The number of alkyl carbamates (subject to hydrolysis) is 2. The summed E-state index contributed by atoms with van der Waals surface area (Å²) >= 11 is 6.00. The lowest BCUT2D eigenvalue weighted by molar-refractivity contribution is -0.125. The Bertz CT molecular complexity index is 1820. The fraction of sp³-hybridized carbons (Fsp3) is 0.341. The number of aryl methyl sites for hydroxylation is 1. The number of ether oxygens (including phenoxy) is 4. The number of methoxy groups -OCH3 is 1. The topological polar surface area (TPSA) is 136 Å². The molecule has 0 bridgehead atoms. The minimum atomic E-state index is -4.58. The molecule has 4 aromatic rings. The normalized spacial score (nSPS) is 17.4. The molecule has 3 amide bonds. The number of amides is 3. The van der Waals surface area contributed by atoms with Gasteiger partial charge >= 0.3 is 18.4 Å². The van der Waals surface area contributed by atoms with E-state index in [1.54, 1.807) is 29.6 Å². The fourth-order valence-corrected chi connectivity index (χ4v) is 6.46. The molecule has 5 rings (SSSR count). The summed E-state index contributed by atoms with van der Waals surface area (Å²) in [6.45, 7) is -1.08. The molecule has 11 nitrogen and oxygen atoms in total. The summed E-state index contributed by atoms with van der Waals surface area (Å²) in [6.07, 6.45) is -6.50. The molecule has 0 aliphatic carbocycles. The molecule has 1 aliphatic rings. The van der Waals surface area contributed by atoms with Crippen LogP contribution in [-0.2, 0) is 36.8 Å². The number of benzene rings is 4. The first-order valence-electron chi connectivity index (χ1n) is 18.0. The molecule has 0 radical (unpaired) electrons. The largest absolute Gasteiger partial charge is 0.453 e. The molecule has 0 saturated carbocycles. The second-order valence-electron chi connectivity index (χ2n) is 13.1. The first-order chi connectivity index (χ1) is 27.0. The zero-order valence-electron chi connectivity index (χ0n) is 30.6. The monoisotopic (exact) mass is 796 g/mol. The number of anilines is 1. The zero-order chi connectivity index (χ0) is 39.9. The molecule has 56 heavy (non-hydrogen) atoms. The van der Waals surface area contributed by atoms with Crippen LogP contribution in [0.15, 0.2) is 109 Å². The molecular formula is C41H44ClF3N4O7. The molecule has 4 aromatic carbocycles. The predicted octanol–water partition coefficient (Wildman–Crippen LogP) is 7.00. The maximum Gasteiger partial charge on any atom is 0.407 e. The summed E-state index contributed by atoms with van der Waals surface area (Å²) in [7, 11) is 1.24. The number of para-hydroxylation sites is 1. The minimum Gasteiger partial charge on any atom is -0.453 e. The van der Waals surface area contributed by atoms with Gasteiger partial charge in [0, 0.05) is 23.2 Å². The van der Waals surface area contributed by atoms with E-state index in [0.29, 0.717) is 30.1 Å². The van der Waals surface area contributed by atoms with Crippen LogP contribution in [-0.4, -0.2) is 82.0 Å². The third-order valence-electron chi connectivity index (χ3n) is 9.12. The lowest BCUT2D eigenvalue weighted by Crippen LogP contribution is -2.56. The number of morpholine rings is 1. The summed E-state index contributed by atoms with van der Waals surface area (Å²) in [5.41, 5.74) is 3.89. The molecule has 4 N–H and O–H groups in total. The van der Waals surface area contributed by atoms with E-state index in [1.807, 2.05) is 84.9 Å². The van der Waals surface area contributed by atoms with Gasteiger partial charge in [-0.1, -0.05) is 103 Å². The maximum absolute atomic E-state index is 14.2. The number of halogens is 4. The van der Waals surface area contributed by atoms with Crippen molar-refractivity contribution in [2.45, 2.75) is 55.8 Å². The number of nitrogens with one attached hydrogen (secondary N) is 4. The second kappa shape index (κ2) is 20.7. The molecular weight excluding hydrogens is 753 g/mol. The van der Waals surface area contributed by atoms with Gasteiger partial charge in [-0.2, -0.15) is 13.2 Å². The molecule has 1 saturated heterocycles. The van der Waals surface area contributed by atoms with Gasteiger partial charge in [-0.05, 0) is 53.3 Å². The van der Waals surface area contributed by atoms with Crippen molar-refractivity contribution in [2.24, 2.45) is 0 Å². The van der Waals surface area contributed by atoms with Gasteiger partial charge < -0.3 is 40.2 Å². The van der Waals surface area contributed by atoms with Crippen LogP contribution < -0.4 is 21.3 Å². The Hall–Kier alpha value is -5.15. The van der Waals surface area contributed by atoms with E-state index >= 15 is 0 Å². The second-order valence-corrected chi connectivity index (χ2v) is 13.6. The summed E-state index contributed by atoms with van der Waals surface area (Å²) in [4.78, 5) is 38.8. The van der Waals surface area contributed by atoms with E-state index in [1.165, 1.54) is 7.11 Å². The van der Waals surface area contributed by atoms with E-state index in [2.05, 4.69) is 16.0 Å². The first kappa shape index (κ1) is 42.0. The van der Waals surface area contributed by atoms with Crippen LogP contribution >= 0.6 is 11.6 Å². The summed E-state index contributed by atoms with van der Waals surface area (Å²) in [5, 5.41) is 11.4. The molecule has 1 heterocycles. The molecule has 0 spiro atoms. The highest BCUT2D eigenvalue weighted by Gasteiger charge is 2.35. The van der Waals surface area contributed by atoms with Gasteiger partial charge in [-0.15, -0.1) is 0 Å². The minimum absolute atomic E-state index is 0.0928. The standard InChI is InChI=1S/C41H44ClF3N4O7/c1-53-40(52)49-37(36(29-11-4-2-5-12-29)30-13-6-3-7-14-30)38(50)48-33-15-9-8-10-28(33)18-21-32-22-46-34(24-55-39(51)47-26-41(43,44)45)35(56-32)25-54-23-27-16-19-31(42)20-17-27/h2-17,19-20,32,34-37,46H,18,21-26H2,1H3,(H,47,51)(H,48,50)(H,49,52)/t32-,34-,35-,37+/m1/s1. The van der Waals surface area contributed by atoms with Crippen molar-refractivity contribution in [3.05, 3.63) is 136 Å². The number of rotatable bonds is 16. The number of carbonyl (C=O) groups excluding carboxylic acids is 3. The van der Waals surface area contributed by atoms with Gasteiger partial charge in [0.15, 0.2) is 0 Å². The fourth-order valence-electron chi connectivity index (χ4n) is 6.33. The van der Waals surface area contributed by atoms with Crippen molar-refractivity contribution in [1.29, 1.82) is 0 Å². The Morgan fingerprint density at radius 3 is 2.16 bits per heavy atom. The van der Waals surface area contributed by atoms with Crippen LogP contribution in [0.1, 0.15) is 34.6 Å².